The average molecular weight is 485 g/mol. The molecule has 2 saturated carbocycles. The zero-order valence-corrected chi connectivity index (χ0v) is 20.5. The van der Waals surface area contributed by atoms with Crippen LogP contribution < -0.4 is 0 Å². The SMILES string of the molecule is c1nc(SC2CCCCC2)c2c(-c3nc(SC4CCCC4)c4cscc4n3)scc2n1. The molecule has 0 radical (unpaired) electrons. The molecule has 0 spiro atoms. The number of fused-ring (bicyclic) bond motifs is 2. The Hall–Kier alpha value is -1.22. The van der Waals surface area contributed by atoms with Crippen LogP contribution in [0.3, 0.4) is 0 Å². The number of thioether (sulfide) groups is 2. The average Bonchev–Trinajstić information content (AvgIpc) is 3.55. The largest absolute Gasteiger partial charge is 0.235 e. The lowest BCUT2D eigenvalue weighted by molar-refractivity contribution is 0.516. The molecule has 6 rings (SSSR count). The fourth-order valence-corrected chi connectivity index (χ4v) is 9.08. The van der Waals surface area contributed by atoms with Gasteiger partial charge in [0.15, 0.2) is 5.82 Å². The number of rotatable bonds is 5. The van der Waals surface area contributed by atoms with Crippen molar-refractivity contribution in [2.75, 3.05) is 0 Å². The maximum atomic E-state index is 5.12. The summed E-state index contributed by atoms with van der Waals surface area (Å²) in [7, 11) is 0. The number of hydrogen-bond donors (Lipinski definition) is 0. The zero-order chi connectivity index (χ0) is 20.6. The zero-order valence-electron chi connectivity index (χ0n) is 17.2. The van der Waals surface area contributed by atoms with Crippen LogP contribution in [0.1, 0.15) is 57.8 Å². The summed E-state index contributed by atoms with van der Waals surface area (Å²) in [4.78, 5) is 20.5. The van der Waals surface area contributed by atoms with Crippen LogP contribution in [-0.2, 0) is 0 Å². The molecule has 4 aromatic heterocycles. The van der Waals surface area contributed by atoms with Gasteiger partial charge in [-0.05, 0) is 25.7 Å². The van der Waals surface area contributed by atoms with Crippen molar-refractivity contribution in [3.05, 3.63) is 22.5 Å². The first-order valence-corrected chi connectivity index (χ1v) is 14.7. The summed E-state index contributed by atoms with van der Waals surface area (Å²) in [5.74, 6) is 0.840. The lowest BCUT2D eigenvalue weighted by Crippen LogP contribution is -2.08. The van der Waals surface area contributed by atoms with E-state index in [0.717, 1.165) is 37.2 Å². The van der Waals surface area contributed by atoms with Crippen molar-refractivity contribution in [2.24, 2.45) is 0 Å². The van der Waals surface area contributed by atoms with Crippen molar-refractivity contribution in [2.45, 2.75) is 78.3 Å². The summed E-state index contributed by atoms with van der Waals surface area (Å²) in [5, 5.41) is 12.5. The maximum absolute atomic E-state index is 5.12. The quantitative estimate of drug-likeness (QED) is 0.269. The number of thiophene rings is 2. The fraction of sp³-hybridized carbons (Fsp3) is 0.478. The first kappa shape index (κ1) is 20.4. The van der Waals surface area contributed by atoms with E-state index in [-0.39, 0.29) is 0 Å². The van der Waals surface area contributed by atoms with Gasteiger partial charge in [-0.25, -0.2) is 19.9 Å². The Labute approximate surface area is 198 Å². The van der Waals surface area contributed by atoms with E-state index in [1.54, 1.807) is 29.0 Å². The summed E-state index contributed by atoms with van der Waals surface area (Å²) >= 11 is 7.33. The lowest BCUT2D eigenvalue weighted by Gasteiger charge is -2.20. The van der Waals surface area contributed by atoms with Gasteiger partial charge in [-0.2, -0.15) is 0 Å². The summed E-state index contributed by atoms with van der Waals surface area (Å²) in [6, 6.07) is 0. The molecule has 4 nitrogen and oxygen atoms in total. The van der Waals surface area contributed by atoms with Crippen LogP contribution in [-0.4, -0.2) is 30.4 Å². The Balaban J connectivity index is 1.43. The third-order valence-corrected chi connectivity index (χ3v) is 10.6. The standard InChI is InChI=1S/C23H24N4S4/c1-2-6-15(7-3-1)31-23-19-18(24-13-25-23)12-29-20(19)21-26-17-11-28-10-16(17)22(27-21)30-14-8-4-5-9-14/h10-15H,1-9H2. The van der Waals surface area contributed by atoms with Gasteiger partial charge in [0, 0.05) is 32.0 Å². The summed E-state index contributed by atoms with van der Waals surface area (Å²) in [6.07, 6.45) is 13.6. The lowest BCUT2D eigenvalue weighted by atomic mass is 10.0. The molecule has 8 heteroatoms. The second kappa shape index (κ2) is 8.96. The van der Waals surface area contributed by atoms with E-state index >= 15 is 0 Å². The molecule has 0 atom stereocenters. The summed E-state index contributed by atoms with van der Waals surface area (Å²) in [6.45, 7) is 0. The third-order valence-electron chi connectivity index (χ3n) is 6.28. The Morgan fingerprint density at radius 2 is 1.48 bits per heavy atom. The molecule has 0 unspecified atom stereocenters. The minimum atomic E-state index is 0.661. The van der Waals surface area contributed by atoms with Crippen LogP contribution >= 0.6 is 46.2 Å². The molecule has 2 fully saturated rings. The minimum absolute atomic E-state index is 0.661. The predicted molar refractivity (Wildman–Crippen MR) is 135 cm³/mol. The van der Waals surface area contributed by atoms with E-state index in [1.807, 2.05) is 23.5 Å². The van der Waals surface area contributed by atoms with Crippen LogP contribution in [0.15, 0.2) is 32.5 Å². The molecule has 2 aliphatic rings. The molecule has 2 aliphatic carbocycles. The number of nitrogens with zero attached hydrogens (tertiary/aromatic N) is 4. The smallest absolute Gasteiger partial charge is 0.171 e. The second-order valence-electron chi connectivity index (χ2n) is 8.43. The fourth-order valence-electron chi connectivity index (χ4n) is 4.64. The maximum Gasteiger partial charge on any atom is 0.171 e. The van der Waals surface area contributed by atoms with Crippen molar-refractivity contribution in [3.8, 4) is 10.7 Å². The second-order valence-corrected chi connectivity index (χ2v) is 12.6. The van der Waals surface area contributed by atoms with Crippen LogP contribution in [0.25, 0.3) is 32.5 Å². The van der Waals surface area contributed by atoms with E-state index in [4.69, 9.17) is 15.0 Å². The molecule has 0 bridgehead atoms. The minimum Gasteiger partial charge on any atom is -0.235 e. The van der Waals surface area contributed by atoms with Gasteiger partial charge in [-0.1, -0.05) is 32.1 Å². The van der Waals surface area contributed by atoms with E-state index in [2.05, 4.69) is 21.1 Å². The summed E-state index contributed by atoms with van der Waals surface area (Å²) in [5.41, 5.74) is 2.09. The van der Waals surface area contributed by atoms with Gasteiger partial charge >= 0.3 is 0 Å². The first-order chi connectivity index (χ1) is 15.3. The van der Waals surface area contributed by atoms with Crippen molar-refractivity contribution in [1.82, 2.24) is 19.9 Å². The van der Waals surface area contributed by atoms with Gasteiger partial charge in [0.05, 0.1) is 21.3 Å². The topological polar surface area (TPSA) is 51.6 Å². The van der Waals surface area contributed by atoms with E-state index in [9.17, 15) is 0 Å². The highest BCUT2D eigenvalue weighted by Crippen LogP contribution is 2.43. The Morgan fingerprint density at radius 3 is 2.29 bits per heavy atom. The number of hydrogen-bond acceptors (Lipinski definition) is 8. The predicted octanol–water partition coefficient (Wildman–Crippen LogP) is 7.82. The molecular formula is C23H24N4S4. The molecule has 4 aromatic rings. The first-order valence-electron chi connectivity index (χ1n) is 11.1. The van der Waals surface area contributed by atoms with Crippen LogP contribution in [0, 0.1) is 0 Å². The Bertz CT molecular complexity index is 1200. The molecule has 31 heavy (non-hydrogen) atoms. The van der Waals surface area contributed by atoms with E-state index in [1.165, 1.54) is 63.2 Å². The van der Waals surface area contributed by atoms with Gasteiger partial charge in [-0.3, -0.25) is 0 Å². The molecule has 160 valence electrons. The van der Waals surface area contributed by atoms with Crippen molar-refractivity contribution < 1.29 is 0 Å². The highest BCUT2D eigenvalue weighted by molar-refractivity contribution is 8.00. The van der Waals surface area contributed by atoms with Gasteiger partial charge in [0.25, 0.3) is 0 Å². The van der Waals surface area contributed by atoms with Crippen LogP contribution in [0.5, 0.6) is 0 Å². The highest BCUT2D eigenvalue weighted by Gasteiger charge is 2.23. The molecule has 0 N–H and O–H groups in total. The number of aromatic nitrogens is 4. The Kier molecular flexibility index (Phi) is 5.90. The molecule has 0 aliphatic heterocycles. The van der Waals surface area contributed by atoms with Crippen LogP contribution in [0.4, 0.5) is 0 Å². The molecule has 0 amide bonds. The molecule has 0 aromatic carbocycles. The Morgan fingerprint density at radius 1 is 0.742 bits per heavy atom. The van der Waals surface area contributed by atoms with E-state index < -0.39 is 0 Å². The van der Waals surface area contributed by atoms with E-state index in [0.29, 0.717) is 10.5 Å². The summed E-state index contributed by atoms with van der Waals surface area (Å²) < 4.78 is 0. The highest BCUT2D eigenvalue weighted by atomic mass is 32.2. The third kappa shape index (κ3) is 4.12. The normalized spacial score (nSPS) is 18.5. The van der Waals surface area contributed by atoms with Gasteiger partial charge in [0.1, 0.15) is 16.4 Å². The molecule has 0 saturated heterocycles. The molecule has 4 heterocycles. The van der Waals surface area contributed by atoms with Crippen molar-refractivity contribution >= 4 is 68.0 Å². The van der Waals surface area contributed by atoms with Crippen molar-refractivity contribution in [1.29, 1.82) is 0 Å². The van der Waals surface area contributed by atoms with Crippen molar-refractivity contribution in [3.63, 3.8) is 0 Å². The van der Waals surface area contributed by atoms with Crippen LogP contribution in [0.2, 0.25) is 0 Å². The van der Waals surface area contributed by atoms with Gasteiger partial charge in [-0.15, -0.1) is 46.2 Å². The van der Waals surface area contributed by atoms with Gasteiger partial charge in [0.2, 0.25) is 0 Å². The monoisotopic (exact) mass is 484 g/mol. The van der Waals surface area contributed by atoms with Gasteiger partial charge < -0.3 is 0 Å². The molecular weight excluding hydrogens is 461 g/mol.